The fourth-order valence-electron chi connectivity index (χ4n) is 0.895. The molecule has 0 amide bonds. The quantitative estimate of drug-likeness (QED) is 0.245. The van der Waals surface area contributed by atoms with E-state index in [1.807, 2.05) is 0 Å². The maximum absolute atomic E-state index is 11.1. The van der Waals surface area contributed by atoms with E-state index in [0.29, 0.717) is 0 Å². The predicted octanol–water partition coefficient (Wildman–Crippen LogP) is -5.67. The Labute approximate surface area is 128 Å². The van der Waals surface area contributed by atoms with E-state index in [-0.39, 0.29) is 16.5 Å². The fraction of sp³-hybridized carbons (Fsp3) is 0.833. The normalized spacial score (nSPS) is 16.7. The summed E-state index contributed by atoms with van der Waals surface area (Å²) in [7, 11) is -10.9. The van der Waals surface area contributed by atoms with Crippen molar-refractivity contribution in [2.24, 2.45) is 0 Å². The van der Waals surface area contributed by atoms with Crippen LogP contribution in [0.3, 0.4) is 0 Å². The predicted molar refractivity (Wildman–Crippen MR) is 50.1 cm³/mol. The van der Waals surface area contributed by atoms with Gasteiger partial charge < -0.3 is 53.1 Å². The van der Waals surface area contributed by atoms with Crippen LogP contribution in [0, 0.1) is 0 Å². The van der Waals surface area contributed by atoms with Crippen molar-refractivity contribution < 1.29 is 74.4 Å². The van der Waals surface area contributed by atoms with Crippen molar-refractivity contribution in [3.63, 3.8) is 0 Å². The Kier molecular flexibility index (Phi) is 10.5. The molecule has 3 atom stereocenters. The van der Waals surface area contributed by atoms with Crippen LogP contribution in [-0.4, -0.2) is 52.6 Å². The molecule has 0 aliphatic rings. The van der Waals surface area contributed by atoms with E-state index >= 15 is 0 Å². The molecule has 0 saturated heterocycles. The Bertz CT molecular complexity index is 416. The van der Waals surface area contributed by atoms with E-state index in [2.05, 4.69) is 9.05 Å². The molecule has 0 saturated carbocycles. The minimum atomic E-state index is -5.47. The molecule has 0 rings (SSSR count). The molecule has 0 bridgehead atoms. The van der Waals surface area contributed by atoms with Crippen LogP contribution in [0.25, 0.3) is 0 Å². The topological polar surface area (TPSA) is 223 Å². The second kappa shape index (κ2) is 9.41. The van der Waals surface area contributed by atoms with E-state index in [0.717, 1.165) is 0 Å². The van der Waals surface area contributed by atoms with Gasteiger partial charge in [-0.15, -0.1) is 0 Å². The van der Waals surface area contributed by atoms with Crippen LogP contribution < -0.4 is 19.6 Å². The summed E-state index contributed by atoms with van der Waals surface area (Å²) in [6.45, 7) is -2.63. The van der Waals surface area contributed by atoms with Gasteiger partial charge in [-0.3, -0.25) is 4.79 Å². The summed E-state index contributed by atoms with van der Waals surface area (Å²) < 4.78 is 27.3. The van der Waals surface area contributed by atoms with Crippen molar-refractivity contribution in [1.82, 2.24) is 0 Å². The molecule has 0 heterocycles. The molecule has 0 aromatic heterocycles. The van der Waals surface area contributed by atoms with Crippen molar-refractivity contribution in [3.05, 3.63) is 0 Å². The number of aliphatic hydroxyl groups is 3. The zero-order valence-corrected chi connectivity index (χ0v) is 12.6. The summed E-state index contributed by atoms with van der Waals surface area (Å²) in [5.74, 6) is -1.48. The SMILES string of the molecule is O=C(COP(=O)([O-])[O-])C(O)C(O)C(O)COP(=O)([O-])[O-].[Ni]. The third kappa shape index (κ3) is 11.5. The minimum absolute atomic E-state index is 0. The Morgan fingerprint density at radius 1 is 1.00 bits per heavy atom. The first kappa shape index (κ1) is 23.5. The van der Waals surface area contributed by atoms with Crippen LogP contribution in [0.15, 0.2) is 0 Å². The molecule has 0 aromatic rings. The zero-order chi connectivity index (χ0) is 16.1. The molecule has 0 aliphatic heterocycles. The van der Waals surface area contributed by atoms with Gasteiger partial charge in [0.15, 0.2) is 5.78 Å². The zero-order valence-electron chi connectivity index (χ0n) is 9.87. The molecule has 0 fully saturated rings. The van der Waals surface area contributed by atoms with Gasteiger partial charge in [0.25, 0.3) is 0 Å². The maximum atomic E-state index is 11.1. The summed E-state index contributed by atoms with van der Waals surface area (Å²) in [5.41, 5.74) is 0. The van der Waals surface area contributed by atoms with Gasteiger partial charge in [-0.05, 0) is 0 Å². The van der Waals surface area contributed by atoms with Gasteiger partial charge in [0.1, 0.15) is 24.9 Å². The van der Waals surface area contributed by atoms with Gasteiger partial charge >= 0.3 is 0 Å². The van der Waals surface area contributed by atoms with E-state index < -0.39 is 53.0 Å². The number of phosphoric acid groups is 2. The van der Waals surface area contributed by atoms with Crippen molar-refractivity contribution >= 4 is 21.4 Å². The summed E-state index contributed by atoms with van der Waals surface area (Å²) in [6.07, 6.45) is -6.83. The molecular formula is C6H10NiO12P2-4. The monoisotopic (exact) mass is 394 g/mol. The first-order valence-electron chi connectivity index (χ1n) is 4.73. The number of phosphoric ester groups is 2. The fourth-order valence-corrected chi connectivity index (χ4v) is 1.52. The number of Topliss-reactive ketones (excluding diaryl/α,β-unsaturated/α-hetero) is 1. The largest absolute Gasteiger partial charge is 0.790 e. The van der Waals surface area contributed by atoms with E-state index in [1.54, 1.807) is 0 Å². The summed E-state index contributed by atoms with van der Waals surface area (Å²) in [5, 5.41) is 27.5. The van der Waals surface area contributed by atoms with Crippen molar-refractivity contribution in [2.75, 3.05) is 13.2 Å². The Morgan fingerprint density at radius 3 is 1.81 bits per heavy atom. The summed E-state index contributed by atoms with van der Waals surface area (Å²) >= 11 is 0. The van der Waals surface area contributed by atoms with E-state index in [1.165, 1.54) is 0 Å². The Balaban J connectivity index is 0. The minimum Gasteiger partial charge on any atom is -0.790 e. The molecule has 0 spiro atoms. The third-order valence-corrected chi connectivity index (χ3v) is 2.73. The second-order valence-electron chi connectivity index (χ2n) is 3.43. The van der Waals surface area contributed by atoms with Crippen LogP contribution in [0.5, 0.6) is 0 Å². The molecule has 21 heavy (non-hydrogen) atoms. The molecule has 12 nitrogen and oxygen atoms in total. The number of aliphatic hydroxyl groups excluding tert-OH is 3. The van der Waals surface area contributed by atoms with Crippen LogP contribution in [0.2, 0.25) is 0 Å². The first-order chi connectivity index (χ1) is 8.83. The second-order valence-corrected chi connectivity index (χ2v) is 5.74. The molecule has 3 N–H and O–H groups in total. The number of ketones is 1. The molecule has 130 valence electrons. The third-order valence-electron chi connectivity index (χ3n) is 1.82. The number of hydrogen-bond acceptors (Lipinski definition) is 12. The average molecular weight is 395 g/mol. The molecule has 0 radical (unpaired) electrons. The van der Waals surface area contributed by atoms with E-state index in [4.69, 9.17) is 10.2 Å². The molecular weight excluding hydrogens is 385 g/mol. The van der Waals surface area contributed by atoms with Crippen LogP contribution in [0.1, 0.15) is 0 Å². The molecule has 0 aliphatic carbocycles. The number of carbonyl (C=O) groups is 1. The van der Waals surface area contributed by atoms with Gasteiger partial charge in [-0.1, -0.05) is 0 Å². The van der Waals surface area contributed by atoms with Crippen molar-refractivity contribution in [2.45, 2.75) is 18.3 Å². The van der Waals surface area contributed by atoms with Crippen LogP contribution in [0.4, 0.5) is 0 Å². The average Bonchev–Trinajstić information content (AvgIpc) is 2.29. The summed E-state index contributed by atoms with van der Waals surface area (Å²) in [4.78, 5) is 51.4. The van der Waals surface area contributed by atoms with Gasteiger partial charge in [-0.2, -0.15) is 0 Å². The van der Waals surface area contributed by atoms with Gasteiger partial charge in [0.2, 0.25) is 0 Å². The van der Waals surface area contributed by atoms with Gasteiger partial charge in [0, 0.05) is 16.5 Å². The van der Waals surface area contributed by atoms with Gasteiger partial charge in [0.05, 0.1) is 22.3 Å². The molecule has 3 unspecified atom stereocenters. The number of hydrogen-bond donors (Lipinski definition) is 3. The van der Waals surface area contributed by atoms with E-state index in [9.17, 15) is 38.6 Å². The smallest absolute Gasteiger partial charge is 0.189 e. The standard InChI is InChI=1S/C6H14O12P2.Ni/c7-3(1-17-19(11,12)13)5(9)6(10)4(8)2-18-20(14,15)16;/h3,5-7,9-10H,1-2H2,(H2,11,12,13)(H2,14,15,16);/p-4. The van der Waals surface area contributed by atoms with Crippen LogP contribution in [-0.2, 0) is 39.5 Å². The summed E-state index contributed by atoms with van der Waals surface area (Å²) in [6, 6.07) is 0. The first-order valence-corrected chi connectivity index (χ1v) is 7.65. The van der Waals surface area contributed by atoms with Gasteiger partial charge in [-0.25, -0.2) is 0 Å². The Hall–Kier alpha value is 0.264. The van der Waals surface area contributed by atoms with Crippen molar-refractivity contribution in [3.8, 4) is 0 Å². The number of rotatable bonds is 9. The molecule has 15 heteroatoms. The maximum Gasteiger partial charge on any atom is 0.189 e. The molecule has 0 aromatic carbocycles. The Morgan fingerprint density at radius 2 is 1.43 bits per heavy atom. The van der Waals surface area contributed by atoms with Crippen molar-refractivity contribution in [1.29, 1.82) is 0 Å². The van der Waals surface area contributed by atoms with Crippen LogP contribution >= 0.6 is 15.6 Å². The number of carbonyl (C=O) groups excluding carboxylic acids is 1.